The lowest BCUT2D eigenvalue weighted by Gasteiger charge is -1.96. The van der Waals surface area contributed by atoms with E-state index in [1.165, 1.54) is 28.0 Å². The van der Waals surface area contributed by atoms with Crippen LogP contribution in [0, 0.1) is 5.82 Å². The van der Waals surface area contributed by atoms with Crippen molar-refractivity contribution in [1.29, 1.82) is 0 Å². The Morgan fingerprint density at radius 2 is 1.72 bits per heavy atom. The highest BCUT2D eigenvalue weighted by molar-refractivity contribution is 9.10. The van der Waals surface area contributed by atoms with Crippen molar-refractivity contribution in [3.8, 4) is 22.7 Å². The van der Waals surface area contributed by atoms with E-state index in [2.05, 4.69) is 26.0 Å². The lowest BCUT2D eigenvalue weighted by molar-refractivity contribution is 0.571. The maximum Gasteiger partial charge on any atom is 0.291 e. The maximum absolute atomic E-state index is 13.1. The molecule has 0 saturated heterocycles. The average molecular weight is 468 g/mol. The van der Waals surface area contributed by atoms with Crippen LogP contribution in [0.3, 0.4) is 0 Å². The standard InChI is InChI=1S/C21H11BrFN3O2S/c22-14-5-1-12(2-6-14)17-10-9-16(28-17)11-18-20(27)26-21(29-18)24-19(25-26)13-3-7-15(23)8-4-13/h1-11H/b18-11-. The van der Waals surface area contributed by atoms with E-state index in [9.17, 15) is 9.18 Å². The molecule has 0 unspecified atom stereocenters. The third kappa shape index (κ3) is 3.41. The average Bonchev–Trinajstić information content (AvgIpc) is 3.41. The monoisotopic (exact) mass is 467 g/mol. The highest BCUT2D eigenvalue weighted by Crippen LogP contribution is 2.24. The van der Waals surface area contributed by atoms with Gasteiger partial charge in [-0.1, -0.05) is 39.4 Å². The Morgan fingerprint density at radius 1 is 1.00 bits per heavy atom. The van der Waals surface area contributed by atoms with Crippen molar-refractivity contribution in [2.75, 3.05) is 0 Å². The van der Waals surface area contributed by atoms with Gasteiger partial charge in [-0.3, -0.25) is 4.79 Å². The van der Waals surface area contributed by atoms with Crippen LogP contribution in [0.5, 0.6) is 0 Å². The highest BCUT2D eigenvalue weighted by atomic mass is 79.9. The van der Waals surface area contributed by atoms with Crippen molar-refractivity contribution in [3.63, 3.8) is 0 Å². The fraction of sp³-hybridized carbons (Fsp3) is 0. The smallest absolute Gasteiger partial charge is 0.291 e. The molecule has 0 radical (unpaired) electrons. The molecule has 0 aliphatic carbocycles. The van der Waals surface area contributed by atoms with Crippen molar-refractivity contribution in [2.24, 2.45) is 0 Å². The van der Waals surface area contributed by atoms with Gasteiger partial charge in [0.25, 0.3) is 5.56 Å². The Balaban J connectivity index is 1.51. The summed E-state index contributed by atoms with van der Waals surface area (Å²) in [5.41, 5.74) is 1.33. The van der Waals surface area contributed by atoms with Crippen LogP contribution in [0.25, 0.3) is 33.7 Å². The Kier molecular flexibility index (Phi) is 4.37. The van der Waals surface area contributed by atoms with Crippen LogP contribution in [0.4, 0.5) is 4.39 Å². The molecule has 5 aromatic rings. The van der Waals surface area contributed by atoms with Crippen LogP contribution in [-0.2, 0) is 0 Å². The zero-order valence-corrected chi connectivity index (χ0v) is 17.1. The molecule has 0 N–H and O–H groups in total. The molecule has 0 aliphatic rings. The van der Waals surface area contributed by atoms with Gasteiger partial charge in [0.1, 0.15) is 21.9 Å². The lowest BCUT2D eigenvalue weighted by Crippen LogP contribution is -2.23. The van der Waals surface area contributed by atoms with Gasteiger partial charge in [0.15, 0.2) is 5.82 Å². The zero-order valence-electron chi connectivity index (χ0n) is 14.7. The summed E-state index contributed by atoms with van der Waals surface area (Å²) in [6.07, 6.45) is 1.68. The fourth-order valence-electron chi connectivity index (χ4n) is 2.88. The molecule has 0 saturated carbocycles. The summed E-state index contributed by atoms with van der Waals surface area (Å²) in [6, 6.07) is 17.3. The largest absolute Gasteiger partial charge is 0.457 e. The molecular formula is C21H11BrFN3O2S. The molecule has 142 valence electrons. The van der Waals surface area contributed by atoms with E-state index in [0.29, 0.717) is 32.4 Å². The van der Waals surface area contributed by atoms with E-state index in [1.54, 1.807) is 18.2 Å². The predicted molar refractivity (Wildman–Crippen MR) is 113 cm³/mol. The first-order chi connectivity index (χ1) is 14.1. The number of furan rings is 1. The maximum atomic E-state index is 13.1. The summed E-state index contributed by atoms with van der Waals surface area (Å²) in [6.45, 7) is 0. The molecule has 5 nitrogen and oxygen atoms in total. The topological polar surface area (TPSA) is 60.4 Å². The first-order valence-corrected chi connectivity index (χ1v) is 10.2. The van der Waals surface area contributed by atoms with Gasteiger partial charge in [-0.05, 0) is 48.5 Å². The molecule has 0 atom stereocenters. The second-order valence-electron chi connectivity index (χ2n) is 6.26. The van der Waals surface area contributed by atoms with Crippen molar-refractivity contribution in [3.05, 3.63) is 91.6 Å². The van der Waals surface area contributed by atoms with Crippen molar-refractivity contribution in [1.82, 2.24) is 14.6 Å². The summed E-state index contributed by atoms with van der Waals surface area (Å²) in [7, 11) is 0. The molecule has 3 heterocycles. The minimum atomic E-state index is -0.336. The van der Waals surface area contributed by atoms with Gasteiger partial charge in [0.05, 0.1) is 0 Å². The molecule has 0 amide bonds. The van der Waals surface area contributed by atoms with Crippen LogP contribution in [0.1, 0.15) is 5.76 Å². The minimum absolute atomic E-state index is 0.271. The molecular weight excluding hydrogens is 457 g/mol. The van der Waals surface area contributed by atoms with E-state index in [-0.39, 0.29) is 11.4 Å². The van der Waals surface area contributed by atoms with Gasteiger partial charge in [0, 0.05) is 21.7 Å². The number of thiazole rings is 1. The molecule has 2 aromatic carbocycles. The lowest BCUT2D eigenvalue weighted by atomic mass is 10.2. The second-order valence-corrected chi connectivity index (χ2v) is 8.19. The number of halogens is 2. The van der Waals surface area contributed by atoms with Gasteiger partial charge in [-0.15, -0.1) is 5.10 Å². The number of aromatic nitrogens is 3. The molecule has 5 rings (SSSR count). The number of benzene rings is 2. The number of fused-ring (bicyclic) bond motifs is 1. The molecule has 8 heteroatoms. The zero-order chi connectivity index (χ0) is 20.0. The van der Waals surface area contributed by atoms with Crippen LogP contribution >= 0.6 is 27.3 Å². The normalized spacial score (nSPS) is 12.1. The summed E-state index contributed by atoms with van der Waals surface area (Å²) < 4.78 is 21.7. The summed E-state index contributed by atoms with van der Waals surface area (Å²) in [5.74, 6) is 1.34. The van der Waals surface area contributed by atoms with E-state index in [0.717, 1.165) is 10.0 Å². The highest BCUT2D eigenvalue weighted by Gasteiger charge is 2.12. The van der Waals surface area contributed by atoms with Gasteiger partial charge in [-0.2, -0.15) is 9.50 Å². The number of rotatable bonds is 3. The SMILES string of the molecule is O=c1/c(=C/c2ccc(-c3ccc(Br)cc3)o2)sc2nc(-c3ccc(F)cc3)nn12. The van der Waals surface area contributed by atoms with Gasteiger partial charge >= 0.3 is 0 Å². The number of nitrogens with zero attached hydrogens (tertiary/aromatic N) is 3. The van der Waals surface area contributed by atoms with E-state index in [4.69, 9.17) is 4.42 Å². The summed E-state index contributed by atoms with van der Waals surface area (Å²) in [4.78, 5) is 17.5. The Hall–Kier alpha value is -3.10. The van der Waals surface area contributed by atoms with Crippen LogP contribution in [0.2, 0.25) is 0 Å². The minimum Gasteiger partial charge on any atom is -0.457 e. The van der Waals surface area contributed by atoms with E-state index < -0.39 is 0 Å². The van der Waals surface area contributed by atoms with Crippen molar-refractivity contribution in [2.45, 2.75) is 0 Å². The van der Waals surface area contributed by atoms with Crippen molar-refractivity contribution >= 4 is 38.3 Å². The number of hydrogen-bond donors (Lipinski definition) is 0. The molecule has 0 fully saturated rings. The summed E-state index contributed by atoms with van der Waals surface area (Å²) >= 11 is 4.64. The van der Waals surface area contributed by atoms with Crippen molar-refractivity contribution < 1.29 is 8.81 Å². The Morgan fingerprint density at radius 3 is 2.45 bits per heavy atom. The quantitative estimate of drug-likeness (QED) is 0.391. The van der Waals surface area contributed by atoms with E-state index in [1.807, 2.05) is 36.4 Å². The second kappa shape index (κ2) is 7.06. The molecule has 0 bridgehead atoms. The van der Waals surface area contributed by atoms with Crippen LogP contribution in [0.15, 0.2) is 74.3 Å². The molecule has 29 heavy (non-hydrogen) atoms. The van der Waals surface area contributed by atoms with Crippen LogP contribution in [-0.4, -0.2) is 14.6 Å². The number of hydrogen-bond acceptors (Lipinski definition) is 5. The summed E-state index contributed by atoms with van der Waals surface area (Å²) in [5, 5.41) is 4.26. The van der Waals surface area contributed by atoms with Gasteiger partial charge in [0.2, 0.25) is 4.96 Å². The van der Waals surface area contributed by atoms with Crippen LogP contribution < -0.4 is 10.1 Å². The third-order valence-corrected chi connectivity index (χ3v) is 5.80. The molecule has 0 spiro atoms. The Labute approximate surface area is 175 Å². The molecule has 3 aromatic heterocycles. The molecule has 0 aliphatic heterocycles. The Bertz CT molecular complexity index is 1440. The first kappa shape index (κ1) is 18.0. The van der Waals surface area contributed by atoms with E-state index >= 15 is 0 Å². The van der Waals surface area contributed by atoms with Gasteiger partial charge in [-0.25, -0.2) is 4.39 Å². The fourth-order valence-corrected chi connectivity index (χ4v) is 4.04. The predicted octanol–water partition coefficient (Wildman–Crippen LogP) is 4.53. The van der Waals surface area contributed by atoms with Gasteiger partial charge < -0.3 is 4.42 Å². The third-order valence-electron chi connectivity index (χ3n) is 4.31. The first-order valence-electron chi connectivity index (χ1n) is 8.60.